The average Bonchev–Trinajstić information content (AvgIpc) is 2.82. The summed E-state index contributed by atoms with van der Waals surface area (Å²) >= 11 is 0. The van der Waals surface area contributed by atoms with Gasteiger partial charge in [0.05, 0.1) is 5.92 Å². The second-order valence-electron chi connectivity index (χ2n) is 5.93. The minimum Gasteiger partial charge on any atom is -0.504 e. The van der Waals surface area contributed by atoms with Gasteiger partial charge in [-0.25, -0.2) is 4.98 Å². The van der Waals surface area contributed by atoms with Gasteiger partial charge in [0.15, 0.2) is 11.6 Å². The van der Waals surface area contributed by atoms with E-state index in [9.17, 15) is 9.90 Å². The Morgan fingerprint density at radius 2 is 2.16 bits per heavy atom. The van der Waals surface area contributed by atoms with Crippen LogP contribution in [0.3, 0.4) is 0 Å². The maximum atomic E-state index is 12.2. The monoisotopic (exact) mass is 260 g/mol. The van der Waals surface area contributed by atoms with Crippen LogP contribution in [0.25, 0.3) is 0 Å². The Labute approximate surface area is 113 Å². The summed E-state index contributed by atoms with van der Waals surface area (Å²) in [5, 5.41) is 12.3. The van der Waals surface area contributed by atoms with Crippen LogP contribution in [0.2, 0.25) is 0 Å². The fraction of sp³-hybridized carbons (Fsp3) is 0.467. The van der Waals surface area contributed by atoms with Crippen molar-refractivity contribution < 1.29 is 9.90 Å². The Morgan fingerprint density at radius 1 is 1.47 bits per heavy atom. The highest BCUT2D eigenvalue weighted by molar-refractivity contribution is 5.96. The zero-order valence-electron chi connectivity index (χ0n) is 11.8. The van der Waals surface area contributed by atoms with Crippen molar-refractivity contribution in [2.24, 2.45) is 17.3 Å². The van der Waals surface area contributed by atoms with Gasteiger partial charge in [-0.2, -0.15) is 0 Å². The standard InChI is InChI=1S/C15H20N2O2/c1-9(2)8-10-12(15(10,3)4)14(19)17-13-11(18)6-5-7-16-13/h5-8,10,12,18H,1-4H3,(H,16,17,19)/t10-,12+/m1/s1. The van der Waals surface area contributed by atoms with E-state index in [0.717, 1.165) is 0 Å². The van der Waals surface area contributed by atoms with Gasteiger partial charge in [-0.3, -0.25) is 4.79 Å². The molecule has 0 saturated heterocycles. The molecule has 4 heteroatoms. The van der Waals surface area contributed by atoms with E-state index in [1.54, 1.807) is 12.3 Å². The molecule has 0 unspecified atom stereocenters. The maximum Gasteiger partial charge on any atom is 0.229 e. The first-order valence-corrected chi connectivity index (χ1v) is 6.44. The summed E-state index contributed by atoms with van der Waals surface area (Å²) in [5.74, 6) is 0.327. The highest BCUT2D eigenvalue weighted by atomic mass is 16.3. The van der Waals surface area contributed by atoms with E-state index in [2.05, 4.69) is 30.2 Å². The number of aromatic nitrogens is 1. The first kappa shape index (κ1) is 13.6. The molecule has 1 heterocycles. The smallest absolute Gasteiger partial charge is 0.229 e. The molecular weight excluding hydrogens is 240 g/mol. The van der Waals surface area contributed by atoms with Crippen molar-refractivity contribution in [3.05, 3.63) is 30.0 Å². The topological polar surface area (TPSA) is 62.2 Å². The van der Waals surface area contributed by atoms with Crippen molar-refractivity contribution in [3.63, 3.8) is 0 Å². The SMILES string of the molecule is CC(C)=C[C@@H]1[C@@H](C(=O)Nc2ncccc2O)C1(C)C. The molecule has 0 spiro atoms. The summed E-state index contributed by atoms with van der Waals surface area (Å²) in [6, 6.07) is 3.13. The predicted octanol–water partition coefficient (Wildman–Crippen LogP) is 2.96. The lowest BCUT2D eigenvalue weighted by Gasteiger charge is -2.06. The highest BCUT2D eigenvalue weighted by Crippen LogP contribution is 2.59. The van der Waals surface area contributed by atoms with Crippen LogP contribution >= 0.6 is 0 Å². The van der Waals surface area contributed by atoms with Crippen LogP contribution < -0.4 is 5.32 Å². The first-order valence-electron chi connectivity index (χ1n) is 6.44. The van der Waals surface area contributed by atoms with Gasteiger partial charge in [0.2, 0.25) is 5.91 Å². The van der Waals surface area contributed by atoms with E-state index in [0.29, 0.717) is 0 Å². The van der Waals surface area contributed by atoms with E-state index in [4.69, 9.17) is 0 Å². The van der Waals surface area contributed by atoms with Gasteiger partial charge in [-0.1, -0.05) is 25.5 Å². The van der Waals surface area contributed by atoms with E-state index >= 15 is 0 Å². The molecule has 1 saturated carbocycles. The minimum atomic E-state index is -0.0819. The summed E-state index contributed by atoms with van der Waals surface area (Å²) < 4.78 is 0. The van der Waals surface area contributed by atoms with Crippen molar-refractivity contribution in [1.29, 1.82) is 0 Å². The van der Waals surface area contributed by atoms with Gasteiger partial charge >= 0.3 is 0 Å². The zero-order valence-corrected chi connectivity index (χ0v) is 11.8. The summed E-state index contributed by atoms with van der Waals surface area (Å²) in [6.45, 7) is 8.24. The van der Waals surface area contributed by atoms with Crippen molar-refractivity contribution in [3.8, 4) is 5.75 Å². The van der Waals surface area contributed by atoms with Gasteiger partial charge in [-0.05, 0) is 37.3 Å². The lowest BCUT2D eigenvalue weighted by atomic mass is 10.1. The van der Waals surface area contributed by atoms with Crippen LogP contribution in [-0.4, -0.2) is 16.0 Å². The third-order valence-electron chi connectivity index (χ3n) is 3.73. The third-order valence-corrected chi connectivity index (χ3v) is 3.73. The minimum absolute atomic E-state index is 0.00642. The first-order chi connectivity index (χ1) is 8.84. The number of hydrogen-bond donors (Lipinski definition) is 2. The van der Waals surface area contributed by atoms with Gasteiger partial charge in [0.1, 0.15) is 0 Å². The van der Waals surface area contributed by atoms with Crippen LogP contribution in [0.15, 0.2) is 30.0 Å². The zero-order chi connectivity index (χ0) is 14.2. The molecule has 1 aromatic rings. The van der Waals surface area contributed by atoms with Crippen LogP contribution in [0, 0.1) is 17.3 Å². The van der Waals surface area contributed by atoms with Crippen molar-refractivity contribution in [1.82, 2.24) is 4.98 Å². The van der Waals surface area contributed by atoms with Gasteiger partial charge in [0, 0.05) is 6.20 Å². The Hall–Kier alpha value is -1.84. The van der Waals surface area contributed by atoms with Crippen LogP contribution in [0.5, 0.6) is 5.75 Å². The Balaban J connectivity index is 2.10. The molecule has 1 fully saturated rings. The van der Waals surface area contributed by atoms with Crippen LogP contribution in [0.4, 0.5) is 5.82 Å². The number of pyridine rings is 1. The molecule has 0 aliphatic heterocycles. The summed E-state index contributed by atoms with van der Waals surface area (Å²) in [6.07, 6.45) is 3.68. The number of amides is 1. The molecule has 1 aliphatic rings. The number of carbonyl (C=O) groups is 1. The summed E-state index contributed by atoms with van der Waals surface area (Å²) in [4.78, 5) is 16.2. The quantitative estimate of drug-likeness (QED) is 0.821. The van der Waals surface area contributed by atoms with Gasteiger partial charge < -0.3 is 10.4 Å². The maximum absolute atomic E-state index is 12.2. The Morgan fingerprint density at radius 3 is 2.74 bits per heavy atom. The molecule has 1 amide bonds. The number of nitrogens with zero attached hydrogens (tertiary/aromatic N) is 1. The van der Waals surface area contributed by atoms with Gasteiger partial charge in [-0.15, -0.1) is 0 Å². The average molecular weight is 260 g/mol. The van der Waals surface area contributed by atoms with E-state index in [1.165, 1.54) is 11.6 Å². The summed E-state index contributed by atoms with van der Waals surface area (Å²) in [5.41, 5.74) is 1.18. The molecule has 2 rings (SSSR count). The fourth-order valence-corrected chi connectivity index (χ4v) is 2.54. The number of carbonyl (C=O) groups excluding carboxylic acids is 1. The number of aromatic hydroxyl groups is 1. The third kappa shape index (κ3) is 2.62. The Bertz CT molecular complexity index is 531. The van der Waals surface area contributed by atoms with E-state index in [1.807, 2.05) is 13.8 Å². The normalized spacial score (nSPS) is 23.6. The molecule has 2 N–H and O–H groups in total. The lowest BCUT2D eigenvalue weighted by Crippen LogP contribution is -2.17. The molecule has 102 valence electrons. The number of nitrogens with one attached hydrogen (secondary N) is 1. The summed E-state index contributed by atoms with van der Waals surface area (Å²) in [7, 11) is 0. The van der Waals surface area contributed by atoms with Crippen molar-refractivity contribution in [2.45, 2.75) is 27.7 Å². The number of hydrogen-bond acceptors (Lipinski definition) is 3. The molecule has 0 radical (unpaired) electrons. The molecule has 0 bridgehead atoms. The molecule has 2 atom stereocenters. The largest absolute Gasteiger partial charge is 0.504 e. The van der Waals surface area contributed by atoms with Crippen molar-refractivity contribution in [2.75, 3.05) is 5.32 Å². The van der Waals surface area contributed by atoms with Crippen LogP contribution in [-0.2, 0) is 4.79 Å². The second kappa shape index (κ2) is 4.68. The lowest BCUT2D eigenvalue weighted by molar-refractivity contribution is -0.118. The van der Waals surface area contributed by atoms with E-state index < -0.39 is 0 Å². The van der Waals surface area contributed by atoms with E-state index in [-0.39, 0.29) is 34.7 Å². The number of allylic oxidation sites excluding steroid dienone is 2. The van der Waals surface area contributed by atoms with Crippen molar-refractivity contribution >= 4 is 11.7 Å². The van der Waals surface area contributed by atoms with Gasteiger partial charge in [0.25, 0.3) is 0 Å². The molecule has 1 aliphatic carbocycles. The number of rotatable bonds is 3. The fourth-order valence-electron chi connectivity index (χ4n) is 2.54. The number of anilines is 1. The molecule has 19 heavy (non-hydrogen) atoms. The molecule has 1 aromatic heterocycles. The predicted molar refractivity (Wildman–Crippen MR) is 74.7 cm³/mol. The molecular formula is C15H20N2O2. The molecule has 4 nitrogen and oxygen atoms in total. The second-order valence-corrected chi connectivity index (χ2v) is 5.93. The molecule has 0 aromatic carbocycles. The Kier molecular flexibility index (Phi) is 3.35. The van der Waals surface area contributed by atoms with Crippen LogP contribution in [0.1, 0.15) is 27.7 Å². The highest BCUT2D eigenvalue weighted by Gasteiger charge is 2.60.